The summed E-state index contributed by atoms with van der Waals surface area (Å²) >= 11 is 0. The van der Waals surface area contributed by atoms with E-state index in [9.17, 15) is 26.3 Å². The minimum atomic E-state index is -4.89. The van der Waals surface area contributed by atoms with Gasteiger partial charge in [-0.3, -0.25) is 0 Å². The number of rotatable bonds is 1. The predicted octanol–water partition coefficient (Wildman–Crippen LogP) is 4.77. The molecule has 0 saturated heterocycles. The second-order valence-corrected chi connectivity index (χ2v) is 5.64. The molecule has 20 heavy (non-hydrogen) atoms. The second-order valence-electron chi connectivity index (χ2n) is 5.64. The lowest BCUT2D eigenvalue weighted by molar-refractivity contribution is -0.143. The normalized spacial score (nSPS) is 15.3. The van der Waals surface area contributed by atoms with Crippen molar-refractivity contribution in [1.29, 1.82) is 0 Å². The molecule has 0 amide bonds. The van der Waals surface area contributed by atoms with Gasteiger partial charge in [-0.15, -0.1) is 0 Å². The standard InChI is InChI=1S/C13H15F6N/c1-11(2,3)10(20)8-5-4-7(12(14,15)16)6-9(8)13(17,18)19/h4-6,10H,20H2,1-3H3/t10-/m1/s1. The van der Waals surface area contributed by atoms with Crippen molar-refractivity contribution in [2.24, 2.45) is 11.1 Å². The summed E-state index contributed by atoms with van der Waals surface area (Å²) in [7, 11) is 0. The van der Waals surface area contributed by atoms with Crippen molar-refractivity contribution in [2.45, 2.75) is 39.2 Å². The molecule has 0 heterocycles. The van der Waals surface area contributed by atoms with Gasteiger partial charge in [0.2, 0.25) is 0 Å². The molecule has 1 aromatic carbocycles. The molecule has 0 aromatic heterocycles. The maximum absolute atomic E-state index is 12.9. The Morgan fingerprint density at radius 2 is 1.40 bits per heavy atom. The summed E-state index contributed by atoms with van der Waals surface area (Å²) in [4.78, 5) is 0. The SMILES string of the molecule is CC(C)(C)[C@H](N)c1ccc(C(F)(F)F)cc1C(F)(F)F. The number of nitrogens with two attached hydrogens (primary N) is 1. The van der Waals surface area contributed by atoms with E-state index in [4.69, 9.17) is 5.73 Å². The van der Waals surface area contributed by atoms with Crippen LogP contribution in [-0.4, -0.2) is 0 Å². The largest absolute Gasteiger partial charge is 0.416 e. The van der Waals surface area contributed by atoms with Crippen molar-refractivity contribution in [2.75, 3.05) is 0 Å². The van der Waals surface area contributed by atoms with Gasteiger partial charge in [0.25, 0.3) is 0 Å². The molecule has 0 saturated carbocycles. The Bertz CT molecular complexity index is 481. The van der Waals surface area contributed by atoms with Crippen molar-refractivity contribution in [1.82, 2.24) is 0 Å². The highest BCUT2D eigenvalue weighted by Gasteiger charge is 2.40. The van der Waals surface area contributed by atoms with Crippen LogP contribution in [0.3, 0.4) is 0 Å². The van der Waals surface area contributed by atoms with Crippen LogP contribution in [0.5, 0.6) is 0 Å². The predicted molar refractivity (Wildman–Crippen MR) is 62.8 cm³/mol. The van der Waals surface area contributed by atoms with Crippen molar-refractivity contribution in [3.05, 3.63) is 34.9 Å². The maximum atomic E-state index is 12.9. The first kappa shape index (κ1) is 16.8. The molecule has 1 nitrogen and oxygen atoms in total. The fourth-order valence-corrected chi connectivity index (χ4v) is 1.72. The highest BCUT2D eigenvalue weighted by molar-refractivity contribution is 5.38. The van der Waals surface area contributed by atoms with Gasteiger partial charge >= 0.3 is 12.4 Å². The molecule has 0 radical (unpaired) electrons. The fourth-order valence-electron chi connectivity index (χ4n) is 1.72. The summed E-state index contributed by atoms with van der Waals surface area (Å²) < 4.78 is 76.4. The molecule has 7 heteroatoms. The van der Waals surface area contributed by atoms with Gasteiger partial charge in [0.1, 0.15) is 0 Å². The zero-order valence-corrected chi connectivity index (χ0v) is 11.2. The van der Waals surface area contributed by atoms with Gasteiger partial charge < -0.3 is 5.73 Å². The number of alkyl halides is 6. The molecule has 1 atom stereocenters. The van der Waals surface area contributed by atoms with Crippen LogP contribution in [0.4, 0.5) is 26.3 Å². The smallest absolute Gasteiger partial charge is 0.324 e. The summed E-state index contributed by atoms with van der Waals surface area (Å²) in [6, 6.07) is 0.514. The number of hydrogen-bond acceptors (Lipinski definition) is 1. The molecule has 0 unspecified atom stereocenters. The van der Waals surface area contributed by atoms with E-state index in [1.807, 2.05) is 0 Å². The van der Waals surface area contributed by atoms with Crippen molar-refractivity contribution >= 4 is 0 Å². The minimum absolute atomic E-state index is 0.112. The van der Waals surface area contributed by atoms with Gasteiger partial charge in [-0.1, -0.05) is 26.8 Å². The van der Waals surface area contributed by atoms with E-state index in [1.54, 1.807) is 20.8 Å². The Labute approximate surface area is 112 Å². The summed E-state index contributed by atoms with van der Waals surface area (Å²) in [5, 5.41) is 0. The molecule has 0 spiro atoms. The van der Waals surface area contributed by atoms with Gasteiger partial charge in [-0.25, -0.2) is 0 Å². The van der Waals surface area contributed by atoms with Gasteiger partial charge in [0.15, 0.2) is 0 Å². The molecule has 0 aliphatic rings. The van der Waals surface area contributed by atoms with Gasteiger partial charge in [0.05, 0.1) is 11.1 Å². The highest BCUT2D eigenvalue weighted by atomic mass is 19.4. The fraction of sp³-hybridized carbons (Fsp3) is 0.538. The van der Waals surface area contributed by atoms with E-state index in [-0.39, 0.29) is 11.6 Å². The second kappa shape index (κ2) is 4.95. The Hall–Kier alpha value is -1.24. The lowest BCUT2D eigenvalue weighted by Gasteiger charge is -2.30. The van der Waals surface area contributed by atoms with E-state index in [2.05, 4.69) is 0 Å². The molecule has 114 valence electrons. The summed E-state index contributed by atoms with van der Waals surface area (Å²) in [6.07, 6.45) is -9.72. The molecule has 2 N–H and O–H groups in total. The first-order chi connectivity index (χ1) is 8.74. The Morgan fingerprint density at radius 3 is 1.75 bits per heavy atom. The van der Waals surface area contributed by atoms with Crippen molar-refractivity contribution < 1.29 is 26.3 Å². The average Bonchev–Trinajstić information content (AvgIpc) is 2.23. The molecule has 1 aromatic rings. The number of hydrogen-bond donors (Lipinski definition) is 1. The van der Waals surface area contributed by atoms with E-state index >= 15 is 0 Å². The van der Waals surface area contributed by atoms with E-state index in [0.717, 1.165) is 6.07 Å². The molecule has 0 bridgehead atoms. The third kappa shape index (κ3) is 3.65. The first-order valence-electron chi connectivity index (χ1n) is 5.78. The molecular weight excluding hydrogens is 284 g/mol. The van der Waals surface area contributed by atoms with Crippen LogP contribution in [0.1, 0.15) is 43.5 Å². The Morgan fingerprint density at radius 1 is 0.900 bits per heavy atom. The lowest BCUT2D eigenvalue weighted by atomic mass is 9.81. The number of halogens is 6. The van der Waals surface area contributed by atoms with Crippen LogP contribution < -0.4 is 5.73 Å². The zero-order valence-electron chi connectivity index (χ0n) is 11.2. The topological polar surface area (TPSA) is 26.0 Å². The van der Waals surface area contributed by atoms with Crippen LogP contribution in [0, 0.1) is 5.41 Å². The van der Waals surface area contributed by atoms with E-state index < -0.39 is 34.9 Å². The van der Waals surface area contributed by atoms with E-state index in [1.165, 1.54) is 0 Å². The van der Waals surface area contributed by atoms with Gasteiger partial charge in [-0.2, -0.15) is 26.3 Å². The number of benzene rings is 1. The van der Waals surface area contributed by atoms with Crippen LogP contribution in [0.25, 0.3) is 0 Å². The first-order valence-corrected chi connectivity index (χ1v) is 5.78. The van der Waals surface area contributed by atoms with Crippen LogP contribution in [0.2, 0.25) is 0 Å². The third-order valence-electron chi connectivity index (χ3n) is 2.95. The molecule has 0 aliphatic carbocycles. The molecule has 0 aliphatic heterocycles. The quantitative estimate of drug-likeness (QED) is 0.743. The average molecular weight is 299 g/mol. The van der Waals surface area contributed by atoms with Crippen molar-refractivity contribution in [3.8, 4) is 0 Å². The summed E-state index contributed by atoms with van der Waals surface area (Å²) in [5.74, 6) is 0. The lowest BCUT2D eigenvalue weighted by Crippen LogP contribution is -2.29. The van der Waals surface area contributed by atoms with Crippen LogP contribution in [-0.2, 0) is 12.4 Å². The van der Waals surface area contributed by atoms with Gasteiger partial charge in [0, 0.05) is 6.04 Å². The summed E-state index contributed by atoms with van der Waals surface area (Å²) in [6.45, 7) is 4.86. The Balaban J connectivity index is 3.48. The third-order valence-corrected chi connectivity index (χ3v) is 2.95. The minimum Gasteiger partial charge on any atom is -0.324 e. The molecular formula is C13H15F6N. The van der Waals surface area contributed by atoms with Crippen LogP contribution >= 0.6 is 0 Å². The maximum Gasteiger partial charge on any atom is 0.416 e. The van der Waals surface area contributed by atoms with E-state index in [0.29, 0.717) is 6.07 Å². The van der Waals surface area contributed by atoms with Gasteiger partial charge in [-0.05, 0) is 23.1 Å². The Kier molecular flexibility index (Phi) is 4.16. The highest BCUT2D eigenvalue weighted by Crippen LogP contribution is 2.42. The molecule has 0 fully saturated rings. The monoisotopic (exact) mass is 299 g/mol. The van der Waals surface area contributed by atoms with Crippen molar-refractivity contribution in [3.63, 3.8) is 0 Å². The van der Waals surface area contributed by atoms with Crippen LogP contribution in [0.15, 0.2) is 18.2 Å². The molecule has 1 rings (SSSR count). The summed E-state index contributed by atoms with van der Waals surface area (Å²) in [5.41, 5.74) is 2.03. The zero-order chi connectivity index (χ0) is 15.9.